The molecule has 0 bridgehead atoms. The molecule has 1 aromatic carbocycles. The van der Waals surface area contributed by atoms with E-state index in [2.05, 4.69) is 5.32 Å². The van der Waals surface area contributed by atoms with Crippen molar-refractivity contribution in [2.24, 2.45) is 5.73 Å². The van der Waals surface area contributed by atoms with Crippen LogP contribution in [0, 0.1) is 11.6 Å². The average molecular weight is 244 g/mol. The van der Waals surface area contributed by atoms with Crippen LogP contribution in [0.1, 0.15) is 18.5 Å². The third-order valence-electron chi connectivity index (χ3n) is 2.39. The van der Waals surface area contributed by atoms with Gasteiger partial charge in [0.25, 0.3) is 0 Å². The maximum atomic E-state index is 13.4. The van der Waals surface area contributed by atoms with Gasteiger partial charge in [-0.1, -0.05) is 12.1 Å². The van der Waals surface area contributed by atoms with Gasteiger partial charge < -0.3 is 16.2 Å². The summed E-state index contributed by atoms with van der Waals surface area (Å²) in [5, 5.41) is 11.8. The molecule has 1 amide bonds. The number of primary amides is 1. The van der Waals surface area contributed by atoms with Crippen molar-refractivity contribution in [1.29, 1.82) is 0 Å². The number of carbonyl (C=O) groups is 1. The zero-order valence-electron chi connectivity index (χ0n) is 9.28. The van der Waals surface area contributed by atoms with Crippen LogP contribution in [0.4, 0.5) is 8.78 Å². The fourth-order valence-corrected chi connectivity index (χ4v) is 1.35. The molecule has 0 saturated heterocycles. The summed E-state index contributed by atoms with van der Waals surface area (Å²) < 4.78 is 26.3. The molecule has 0 aliphatic heterocycles. The van der Waals surface area contributed by atoms with Gasteiger partial charge in [0.15, 0.2) is 11.6 Å². The second-order valence-corrected chi connectivity index (χ2v) is 3.69. The third kappa shape index (κ3) is 3.47. The molecule has 6 heteroatoms. The van der Waals surface area contributed by atoms with E-state index in [0.29, 0.717) is 0 Å². The van der Waals surface area contributed by atoms with Crippen LogP contribution in [0.15, 0.2) is 18.2 Å². The van der Waals surface area contributed by atoms with Crippen LogP contribution in [-0.4, -0.2) is 23.7 Å². The highest BCUT2D eigenvalue weighted by atomic mass is 19.2. The number of hydrogen-bond donors (Lipinski definition) is 3. The fraction of sp³-hybridized carbons (Fsp3) is 0.364. The molecule has 0 spiro atoms. The van der Waals surface area contributed by atoms with E-state index in [1.54, 1.807) is 6.92 Å². The number of nitrogens with one attached hydrogen (secondary N) is 1. The predicted molar refractivity (Wildman–Crippen MR) is 58.0 cm³/mol. The number of hydrogen-bond acceptors (Lipinski definition) is 3. The zero-order valence-corrected chi connectivity index (χ0v) is 9.28. The molecule has 17 heavy (non-hydrogen) atoms. The predicted octanol–water partition coefficient (Wildman–Crippen LogP) is 0.462. The lowest BCUT2D eigenvalue weighted by Gasteiger charge is -2.16. The summed E-state index contributed by atoms with van der Waals surface area (Å²) >= 11 is 0. The number of halogens is 2. The second kappa shape index (κ2) is 5.70. The molecular formula is C11H14F2N2O2. The van der Waals surface area contributed by atoms with Crippen molar-refractivity contribution in [2.75, 3.05) is 6.54 Å². The van der Waals surface area contributed by atoms with Crippen molar-refractivity contribution in [3.05, 3.63) is 35.4 Å². The van der Waals surface area contributed by atoms with Crippen LogP contribution in [0.3, 0.4) is 0 Å². The Morgan fingerprint density at radius 1 is 1.53 bits per heavy atom. The van der Waals surface area contributed by atoms with Crippen LogP contribution in [0.25, 0.3) is 0 Å². The van der Waals surface area contributed by atoms with Crippen molar-refractivity contribution >= 4 is 5.91 Å². The van der Waals surface area contributed by atoms with E-state index in [1.165, 1.54) is 12.1 Å². The number of aliphatic hydroxyl groups excluding tert-OH is 1. The standard InChI is InChI=1S/C11H14F2N2O2/c1-6(15-5-9(16)11(14)17)7-3-2-4-8(12)10(7)13/h2-4,6,9,15-16H,5H2,1H3,(H2,14,17). The van der Waals surface area contributed by atoms with Gasteiger partial charge in [0.1, 0.15) is 6.10 Å². The number of nitrogens with two attached hydrogens (primary N) is 1. The highest BCUT2D eigenvalue weighted by Gasteiger charge is 2.16. The molecule has 4 N–H and O–H groups in total. The van der Waals surface area contributed by atoms with Gasteiger partial charge >= 0.3 is 0 Å². The van der Waals surface area contributed by atoms with Gasteiger partial charge in [0.2, 0.25) is 5.91 Å². The molecule has 94 valence electrons. The Bertz CT molecular complexity index is 412. The second-order valence-electron chi connectivity index (χ2n) is 3.69. The van der Waals surface area contributed by atoms with Crippen molar-refractivity contribution in [1.82, 2.24) is 5.32 Å². The first-order chi connectivity index (χ1) is 7.93. The Morgan fingerprint density at radius 3 is 2.76 bits per heavy atom. The summed E-state index contributed by atoms with van der Waals surface area (Å²) in [6.45, 7) is 1.47. The number of carbonyl (C=O) groups excluding carboxylic acids is 1. The van der Waals surface area contributed by atoms with E-state index in [4.69, 9.17) is 10.8 Å². The first-order valence-electron chi connectivity index (χ1n) is 5.08. The summed E-state index contributed by atoms with van der Waals surface area (Å²) in [4.78, 5) is 10.6. The Kier molecular flexibility index (Phi) is 4.53. The molecule has 4 nitrogen and oxygen atoms in total. The minimum absolute atomic E-state index is 0.119. The Labute approximate surface area is 97.4 Å². The minimum atomic E-state index is -1.35. The Morgan fingerprint density at radius 2 is 2.18 bits per heavy atom. The summed E-state index contributed by atoms with van der Waals surface area (Å²) in [6.07, 6.45) is -1.35. The minimum Gasteiger partial charge on any atom is -0.382 e. The van der Waals surface area contributed by atoms with Gasteiger partial charge in [-0.2, -0.15) is 0 Å². The van der Waals surface area contributed by atoms with Crippen molar-refractivity contribution in [3.63, 3.8) is 0 Å². The van der Waals surface area contributed by atoms with Crippen molar-refractivity contribution in [2.45, 2.75) is 19.1 Å². The SMILES string of the molecule is CC(NCC(O)C(N)=O)c1cccc(F)c1F. The van der Waals surface area contributed by atoms with E-state index in [9.17, 15) is 13.6 Å². The van der Waals surface area contributed by atoms with Crippen LogP contribution >= 0.6 is 0 Å². The van der Waals surface area contributed by atoms with Gasteiger partial charge in [-0.15, -0.1) is 0 Å². The lowest BCUT2D eigenvalue weighted by Crippen LogP contribution is -2.38. The molecular weight excluding hydrogens is 230 g/mol. The van der Waals surface area contributed by atoms with Gasteiger partial charge in [-0.05, 0) is 13.0 Å². The highest BCUT2D eigenvalue weighted by Crippen LogP contribution is 2.18. The fourth-order valence-electron chi connectivity index (χ4n) is 1.35. The quantitative estimate of drug-likeness (QED) is 0.704. The first-order valence-corrected chi connectivity index (χ1v) is 5.08. The molecule has 0 aliphatic carbocycles. The lowest BCUT2D eigenvalue weighted by molar-refractivity contribution is -0.125. The maximum absolute atomic E-state index is 13.4. The molecule has 1 aromatic rings. The molecule has 0 fully saturated rings. The van der Waals surface area contributed by atoms with Crippen LogP contribution < -0.4 is 11.1 Å². The summed E-state index contributed by atoms with van der Waals surface area (Å²) in [7, 11) is 0. The van der Waals surface area contributed by atoms with Crippen molar-refractivity contribution < 1.29 is 18.7 Å². The van der Waals surface area contributed by atoms with Gasteiger partial charge in [0, 0.05) is 18.2 Å². The van der Waals surface area contributed by atoms with Crippen LogP contribution in [0.2, 0.25) is 0 Å². The third-order valence-corrected chi connectivity index (χ3v) is 2.39. The smallest absolute Gasteiger partial charge is 0.247 e. The van der Waals surface area contributed by atoms with E-state index in [1.807, 2.05) is 0 Å². The Hall–Kier alpha value is -1.53. The number of benzene rings is 1. The van der Waals surface area contributed by atoms with Crippen LogP contribution in [0.5, 0.6) is 0 Å². The normalized spacial score (nSPS) is 14.4. The summed E-state index contributed by atoms with van der Waals surface area (Å²) in [6, 6.07) is 3.28. The Balaban J connectivity index is 2.67. The number of aliphatic hydroxyl groups is 1. The largest absolute Gasteiger partial charge is 0.382 e. The van der Waals surface area contributed by atoms with Gasteiger partial charge in [-0.25, -0.2) is 8.78 Å². The van der Waals surface area contributed by atoms with E-state index >= 15 is 0 Å². The monoisotopic (exact) mass is 244 g/mol. The molecule has 0 heterocycles. The molecule has 1 rings (SSSR count). The molecule has 0 aromatic heterocycles. The van der Waals surface area contributed by atoms with Gasteiger partial charge in [-0.3, -0.25) is 4.79 Å². The molecule has 0 radical (unpaired) electrons. The summed E-state index contributed by atoms with van der Waals surface area (Å²) in [5.41, 5.74) is 4.98. The van der Waals surface area contributed by atoms with Gasteiger partial charge in [0.05, 0.1) is 0 Å². The van der Waals surface area contributed by atoms with E-state index in [0.717, 1.165) is 6.07 Å². The topological polar surface area (TPSA) is 75.3 Å². The van der Waals surface area contributed by atoms with Crippen LogP contribution in [-0.2, 0) is 4.79 Å². The molecule has 2 unspecified atom stereocenters. The molecule has 0 aliphatic rings. The number of amides is 1. The summed E-state index contributed by atoms with van der Waals surface area (Å²) in [5.74, 6) is -2.75. The average Bonchev–Trinajstić information content (AvgIpc) is 2.29. The molecule has 2 atom stereocenters. The zero-order chi connectivity index (χ0) is 13.0. The van der Waals surface area contributed by atoms with E-state index < -0.39 is 29.7 Å². The maximum Gasteiger partial charge on any atom is 0.247 e. The number of rotatable bonds is 5. The molecule has 0 saturated carbocycles. The highest BCUT2D eigenvalue weighted by molar-refractivity contribution is 5.78. The van der Waals surface area contributed by atoms with E-state index in [-0.39, 0.29) is 12.1 Å². The lowest BCUT2D eigenvalue weighted by atomic mass is 10.1. The first kappa shape index (κ1) is 13.5. The van der Waals surface area contributed by atoms with Crippen molar-refractivity contribution in [3.8, 4) is 0 Å².